The Morgan fingerprint density at radius 3 is 2.62 bits per heavy atom. The number of rotatable bonds is 7. The highest BCUT2D eigenvalue weighted by Crippen LogP contribution is 2.31. The van der Waals surface area contributed by atoms with Crippen molar-refractivity contribution in [3.05, 3.63) is 84.9 Å². The second-order valence-corrected chi connectivity index (χ2v) is 9.91. The smallest absolute Gasteiger partial charge is 0.277 e. The maximum Gasteiger partial charge on any atom is 0.277 e. The minimum absolute atomic E-state index is 0.316. The van der Waals surface area contributed by atoms with E-state index in [4.69, 9.17) is 24.8 Å². The minimum Gasteiger partial charge on any atom is -0.485 e. The zero-order valence-corrected chi connectivity index (χ0v) is 21.7. The van der Waals surface area contributed by atoms with Crippen LogP contribution in [0.25, 0.3) is 17.1 Å². The van der Waals surface area contributed by atoms with Gasteiger partial charge in [-0.05, 0) is 39.3 Å². The van der Waals surface area contributed by atoms with Gasteiger partial charge in [0.05, 0.1) is 31.4 Å². The Bertz CT molecular complexity index is 1680. The van der Waals surface area contributed by atoms with Gasteiger partial charge in [0.15, 0.2) is 5.82 Å². The largest absolute Gasteiger partial charge is 0.485 e. The summed E-state index contributed by atoms with van der Waals surface area (Å²) in [5.74, 6) is -3.12. The number of nitrogens with zero attached hydrogens (tertiary/aromatic N) is 4. The molecule has 0 radical (unpaired) electrons. The summed E-state index contributed by atoms with van der Waals surface area (Å²) < 4.78 is 50.2. The van der Waals surface area contributed by atoms with E-state index >= 15 is 0 Å². The maximum absolute atomic E-state index is 14.2. The van der Waals surface area contributed by atoms with Crippen LogP contribution in [0.3, 0.4) is 0 Å². The van der Waals surface area contributed by atoms with Crippen LogP contribution in [-0.4, -0.2) is 25.4 Å². The van der Waals surface area contributed by atoms with Crippen molar-refractivity contribution in [2.24, 2.45) is 5.73 Å². The fraction of sp³-hybridized carbons (Fsp3) is 0.240. The molecule has 0 fully saturated rings. The van der Waals surface area contributed by atoms with Gasteiger partial charge in [-0.25, -0.2) is 13.8 Å². The van der Waals surface area contributed by atoms with Crippen molar-refractivity contribution in [2.45, 2.75) is 39.7 Å². The monoisotopic (exact) mass is 547 g/mol. The first-order valence-corrected chi connectivity index (χ1v) is 12.0. The van der Waals surface area contributed by atoms with Gasteiger partial charge in [0.2, 0.25) is 5.91 Å². The first kappa shape index (κ1) is 23.7. The molecule has 1 amide bonds. The first-order chi connectivity index (χ1) is 18.1. The van der Waals surface area contributed by atoms with E-state index in [1.165, 1.54) is 22.0 Å². The Morgan fingerprint density at radius 1 is 1.22 bits per heavy atom. The van der Waals surface area contributed by atoms with E-state index in [0.29, 0.717) is 45.6 Å². The summed E-state index contributed by atoms with van der Waals surface area (Å²) in [6.45, 7) is 3.79. The van der Waals surface area contributed by atoms with Gasteiger partial charge in [-0.3, -0.25) is 24.1 Å². The van der Waals surface area contributed by atoms with Crippen molar-refractivity contribution in [3.63, 3.8) is 0 Å². The summed E-state index contributed by atoms with van der Waals surface area (Å²) in [4.78, 5) is 37.6. The lowest BCUT2D eigenvalue weighted by Gasteiger charge is -2.17. The van der Waals surface area contributed by atoms with E-state index in [1.807, 2.05) is 0 Å². The van der Waals surface area contributed by atoms with Crippen LogP contribution in [0.2, 0.25) is 5.02 Å². The molecule has 0 unspecified atom stereocenters. The topological polar surface area (TPSA) is 113 Å². The molecule has 0 spiro atoms. The van der Waals surface area contributed by atoms with Crippen LogP contribution in [-0.2, 0) is 16.8 Å². The third kappa shape index (κ3) is 5.09. The first-order valence-electron chi connectivity index (χ1n) is 11.8. The van der Waals surface area contributed by atoms with Crippen molar-refractivity contribution >= 4 is 28.8 Å². The molecule has 12 heteroatoms. The van der Waals surface area contributed by atoms with Gasteiger partial charge in [0, 0.05) is 29.4 Å². The molecule has 37 heavy (non-hydrogen) atoms. The van der Waals surface area contributed by atoms with Crippen LogP contribution >= 0.6 is 22.9 Å². The second kappa shape index (κ2) is 9.98. The van der Waals surface area contributed by atoms with Crippen LogP contribution < -0.4 is 16.0 Å². The van der Waals surface area contributed by atoms with E-state index in [-0.39, 0.29) is 5.75 Å². The Hall–Kier alpha value is -3.70. The number of nitrogens with two attached hydrogens (primary N) is 1. The quantitative estimate of drug-likeness (QED) is 0.360. The van der Waals surface area contributed by atoms with Crippen molar-refractivity contribution in [2.75, 3.05) is 0 Å². The summed E-state index contributed by atoms with van der Waals surface area (Å²) in [6.07, 6.45) is 2.20. The number of hydrogen-bond donors (Lipinski definition) is 1. The number of carbonyl (C=O) groups excluding carboxylic acids is 1. The fourth-order valence-electron chi connectivity index (χ4n) is 3.33. The molecule has 8 nitrogen and oxygen atoms in total. The predicted octanol–water partition coefficient (Wildman–Crippen LogP) is 4.64. The Kier molecular flexibility index (Phi) is 6.39. The van der Waals surface area contributed by atoms with E-state index < -0.39 is 45.8 Å². The number of aromatic nitrogens is 4. The number of primary amides is 1. The molecular weight excluding hydrogens is 524 g/mol. The number of thiazole rings is 1. The lowest BCUT2D eigenvalue weighted by Crippen LogP contribution is -2.35. The van der Waals surface area contributed by atoms with Gasteiger partial charge in [-0.1, -0.05) is 11.6 Å². The van der Waals surface area contributed by atoms with Crippen LogP contribution in [0, 0.1) is 25.5 Å². The molecule has 4 heterocycles. The molecule has 0 aromatic carbocycles. The lowest BCUT2D eigenvalue weighted by molar-refractivity contribution is -0.122. The third-order valence-electron chi connectivity index (χ3n) is 5.60. The fourth-order valence-corrected chi connectivity index (χ4v) is 4.45. The summed E-state index contributed by atoms with van der Waals surface area (Å²) in [6, 6.07) is 3.42. The molecule has 0 saturated carbocycles. The van der Waals surface area contributed by atoms with E-state index in [1.54, 1.807) is 45.3 Å². The number of amides is 1. The summed E-state index contributed by atoms with van der Waals surface area (Å²) in [5.41, 5.74) is 5.25. The van der Waals surface area contributed by atoms with Gasteiger partial charge < -0.3 is 10.5 Å². The number of halogens is 3. The summed E-state index contributed by atoms with van der Waals surface area (Å²) in [5, 5.41) is 1.77. The predicted molar refractivity (Wildman–Crippen MR) is 136 cm³/mol. The molecule has 4 aromatic rings. The van der Waals surface area contributed by atoms with Crippen molar-refractivity contribution in [3.8, 4) is 22.8 Å². The number of hydrogen-bond acceptors (Lipinski definition) is 7. The standard InChI is InChI=1S/C25H22ClF2N5O3S/c1-12-8-30-16(18-11-37-24(32-18)25(3,4)23(29)35)7-19(12)33-13(2)5-20(21(26)22(33)34)36-10-17-15(28)6-14(27)9-31-17/h5-9,11H,10H2,1-4H3,(H2,29,35)/i10D2. The van der Waals surface area contributed by atoms with E-state index in [0.717, 1.165) is 0 Å². The van der Waals surface area contributed by atoms with Crippen LogP contribution in [0.4, 0.5) is 8.78 Å². The highest BCUT2D eigenvalue weighted by molar-refractivity contribution is 7.10. The third-order valence-corrected chi connectivity index (χ3v) is 7.11. The van der Waals surface area contributed by atoms with Crippen LogP contribution in [0.5, 0.6) is 5.75 Å². The van der Waals surface area contributed by atoms with Crippen LogP contribution in [0.15, 0.2) is 40.8 Å². The second-order valence-electron chi connectivity index (χ2n) is 8.68. The Morgan fingerprint density at radius 2 is 1.95 bits per heavy atom. The number of carbonyl (C=O) groups is 1. The number of aryl methyl sites for hydroxylation is 2. The maximum atomic E-state index is 14.2. The molecule has 0 aliphatic carbocycles. The molecule has 0 aliphatic heterocycles. The SMILES string of the molecule is [2H]C([2H])(Oc1cc(C)n(-c2cc(-c3csc(C(C)(C)C(N)=O)n3)ncc2C)c(=O)c1Cl)c1ncc(F)cc1F. The average molecular weight is 548 g/mol. The molecule has 0 atom stereocenters. The van der Waals surface area contributed by atoms with Crippen molar-refractivity contribution < 1.29 is 21.1 Å². The molecule has 0 aliphatic rings. The van der Waals surface area contributed by atoms with E-state index in [2.05, 4.69) is 15.0 Å². The van der Waals surface area contributed by atoms with Gasteiger partial charge >= 0.3 is 0 Å². The Balaban J connectivity index is 1.75. The van der Waals surface area contributed by atoms with Gasteiger partial charge in [-0.2, -0.15) is 0 Å². The summed E-state index contributed by atoms with van der Waals surface area (Å²) in [7, 11) is 0. The highest BCUT2D eigenvalue weighted by atomic mass is 35.5. The molecular formula is C25H22ClF2N5O3S. The van der Waals surface area contributed by atoms with Gasteiger partial charge in [0.25, 0.3) is 5.56 Å². The van der Waals surface area contributed by atoms with Gasteiger partial charge in [-0.15, -0.1) is 11.3 Å². The average Bonchev–Trinajstić information content (AvgIpc) is 3.34. The van der Waals surface area contributed by atoms with Crippen molar-refractivity contribution in [1.82, 2.24) is 19.5 Å². The summed E-state index contributed by atoms with van der Waals surface area (Å²) >= 11 is 7.56. The normalized spacial score (nSPS) is 12.7. The van der Waals surface area contributed by atoms with Gasteiger partial charge in [0.1, 0.15) is 33.8 Å². The Labute approximate surface area is 222 Å². The number of ether oxygens (including phenoxy) is 1. The zero-order chi connectivity index (χ0) is 28.9. The number of pyridine rings is 3. The highest BCUT2D eigenvalue weighted by Gasteiger charge is 2.31. The molecule has 192 valence electrons. The zero-order valence-electron chi connectivity index (χ0n) is 22.1. The molecule has 0 saturated heterocycles. The minimum atomic E-state index is -2.87. The molecule has 0 bridgehead atoms. The molecule has 2 N–H and O–H groups in total. The molecule has 4 aromatic heterocycles. The van der Waals surface area contributed by atoms with Crippen LogP contribution in [0.1, 0.15) is 38.5 Å². The molecule has 4 rings (SSSR count). The van der Waals surface area contributed by atoms with Crippen molar-refractivity contribution in [1.29, 1.82) is 0 Å². The lowest BCUT2D eigenvalue weighted by atomic mass is 9.94. The van der Waals surface area contributed by atoms with E-state index in [9.17, 15) is 18.4 Å².